The van der Waals surface area contributed by atoms with E-state index in [1.807, 2.05) is 32.0 Å². The number of hydroxylamine groups is 1. The standard InChI is InChI=1S/C18H23N5O.C7H18N2O2S.C2H6O/c1-2-7-15-22-16-17(23(15)11-6-5-10-20-12-24)13-8-3-4-9-14(13)21-18(16)19;1-3-10-9(7-5-6-8)12-11-4-2;1-2-3/h3-4,8-9,12H,2,5-7,10-11H2,1H3,(H2,19,21)(H,20,24);3-8H2,1-2H3;3H,2H2,1H3. The van der Waals surface area contributed by atoms with Crippen LogP contribution in [0.1, 0.15) is 59.2 Å². The molecule has 0 unspecified atom stereocenters. The number of nitrogens with two attached hydrogens (primary N) is 2. The Morgan fingerprint density at radius 2 is 1.87 bits per heavy atom. The van der Waals surface area contributed by atoms with Crippen LogP contribution >= 0.6 is 12.2 Å². The highest BCUT2D eigenvalue weighted by Gasteiger charge is 2.16. The minimum absolute atomic E-state index is 0.250. The lowest BCUT2D eigenvalue weighted by Gasteiger charge is -2.17. The van der Waals surface area contributed by atoms with Gasteiger partial charge in [0.2, 0.25) is 6.41 Å². The molecule has 0 aliphatic heterocycles. The van der Waals surface area contributed by atoms with Gasteiger partial charge < -0.3 is 26.5 Å². The lowest BCUT2D eigenvalue weighted by Crippen LogP contribution is -2.20. The number of nitrogens with one attached hydrogen (secondary N) is 1. The van der Waals surface area contributed by atoms with Gasteiger partial charge in [0.1, 0.15) is 23.6 Å². The number of aromatic nitrogens is 3. The first-order valence-corrected chi connectivity index (χ1v) is 14.4. The molecule has 0 spiro atoms. The number of aryl methyl sites for hydroxylation is 2. The first-order chi connectivity index (χ1) is 19.0. The minimum Gasteiger partial charge on any atom is -0.397 e. The molecular weight excluding hydrogens is 518 g/mol. The van der Waals surface area contributed by atoms with Gasteiger partial charge in [-0.05, 0) is 59.1 Å². The number of para-hydroxylation sites is 1. The molecule has 0 aliphatic carbocycles. The third-order valence-corrected chi connectivity index (χ3v) is 6.07. The molecule has 0 saturated heterocycles. The molecule has 3 aromatic rings. The van der Waals surface area contributed by atoms with Gasteiger partial charge in [0.25, 0.3) is 0 Å². The maximum atomic E-state index is 10.3. The second kappa shape index (κ2) is 21.4. The van der Waals surface area contributed by atoms with E-state index in [1.165, 1.54) is 12.2 Å². The van der Waals surface area contributed by atoms with Crippen molar-refractivity contribution in [2.45, 2.75) is 66.3 Å². The van der Waals surface area contributed by atoms with Crippen molar-refractivity contribution in [2.75, 3.05) is 45.2 Å². The molecular formula is C27H47N7O4S. The summed E-state index contributed by atoms with van der Waals surface area (Å²) in [4.78, 5) is 24.9. The number of aliphatic hydroxyl groups excluding tert-OH is 1. The fourth-order valence-electron chi connectivity index (χ4n) is 3.72. The summed E-state index contributed by atoms with van der Waals surface area (Å²) in [5.41, 5.74) is 14.3. The van der Waals surface area contributed by atoms with Crippen molar-refractivity contribution in [1.82, 2.24) is 24.3 Å². The number of nitrogens with zero attached hydrogens (tertiary/aromatic N) is 4. The van der Waals surface area contributed by atoms with Gasteiger partial charge in [-0.25, -0.2) is 9.97 Å². The predicted molar refractivity (Wildman–Crippen MR) is 161 cm³/mol. The number of hydrogen-bond donors (Lipinski definition) is 4. The van der Waals surface area contributed by atoms with Crippen LogP contribution in [0, 0.1) is 0 Å². The molecule has 0 fully saturated rings. The molecule has 0 bridgehead atoms. The van der Waals surface area contributed by atoms with E-state index in [4.69, 9.17) is 30.6 Å². The van der Waals surface area contributed by atoms with Crippen molar-refractivity contribution < 1.29 is 18.9 Å². The maximum absolute atomic E-state index is 10.3. The lowest BCUT2D eigenvalue weighted by atomic mass is 10.2. The first kappa shape index (κ1) is 34.5. The summed E-state index contributed by atoms with van der Waals surface area (Å²) in [6, 6.07) is 8.05. The highest BCUT2D eigenvalue weighted by atomic mass is 32.2. The molecule has 1 amide bonds. The number of amides is 1. The molecule has 2 aromatic heterocycles. The molecule has 0 radical (unpaired) electrons. The van der Waals surface area contributed by atoms with Crippen molar-refractivity contribution in [3.8, 4) is 0 Å². The SMILES string of the molecule is CCCc1nc2c(N)nc3ccccc3c2n1CCCCNC=O.CCO.CCOSN(CCCN)OCC. The number of hydrogen-bond acceptors (Lipinski definition) is 10. The molecule has 0 saturated carbocycles. The van der Waals surface area contributed by atoms with E-state index in [0.29, 0.717) is 32.1 Å². The lowest BCUT2D eigenvalue weighted by molar-refractivity contribution is -0.109. The topological polar surface area (TPSA) is 154 Å². The fourth-order valence-corrected chi connectivity index (χ4v) is 4.29. The fraction of sp³-hybridized carbons (Fsp3) is 0.593. The minimum atomic E-state index is 0.250. The molecule has 11 nitrogen and oxygen atoms in total. The van der Waals surface area contributed by atoms with Crippen LogP contribution in [0.3, 0.4) is 0 Å². The van der Waals surface area contributed by atoms with Gasteiger partial charge >= 0.3 is 0 Å². The average molecular weight is 566 g/mol. The van der Waals surface area contributed by atoms with Crippen molar-refractivity contribution in [2.24, 2.45) is 5.73 Å². The van der Waals surface area contributed by atoms with Gasteiger partial charge in [-0.2, -0.15) is 0 Å². The highest BCUT2D eigenvalue weighted by Crippen LogP contribution is 2.29. The Morgan fingerprint density at radius 3 is 2.51 bits per heavy atom. The van der Waals surface area contributed by atoms with E-state index in [1.54, 1.807) is 11.4 Å². The monoisotopic (exact) mass is 565 g/mol. The second-order valence-electron chi connectivity index (χ2n) is 8.33. The van der Waals surface area contributed by atoms with Crippen LogP contribution < -0.4 is 16.8 Å². The summed E-state index contributed by atoms with van der Waals surface area (Å²) in [5, 5.41) is 11.4. The van der Waals surface area contributed by atoms with Crippen LogP contribution in [0.15, 0.2) is 24.3 Å². The van der Waals surface area contributed by atoms with Crippen LogP contribution in [-0.2, 0) is 26.8 Å². The van der Waals surface area contributed by atoms with Crippen molar-refractivity contribution >= 4 is 46.4 Å². The van der Waals surface area contributed by atoms with Crippen LogP contribution in [0.5, 0.6) is 0 Å². The smallest absolute Gasteiger partial charge is 0.207 e. The number of aliphatic hydroxyl groups is 1. The number of unbranched alkanes of at least 4 members (excludes halogenated alkanes) is 1. The zero-order valence-corrected chi connectivity index (χ0v) is 24.7. The predicted octanol–water partition coefficient (Wildman–Crippen LogP) is 3.83. The average Bonchev–Trinajstić information content (AvgIpc) is 3.30. The number of carbonyl (C=O) groups is 1. The van der Waals surface area contributed by atoms with Crippen molar-refractivity contribution in [3.05, 3.63) is 30.1 Å². The molecule has 1 aromatic carbocycles. The third kappa shape index (κ3) is 12.1. The van der Waals surface area contributed by atoms with E-state index in [0.717, 1.165) is 79.4 Å². The maximum Gasteiger partial charge on any atom is 0.207 e. The highest BCUT2D eigenvalue weighted by molar-refractivity contribution is 7.92. The summed E-state index contributed by atoms with van der Waals surface area (Å²) in [6.07, 6.45) is 5.51. The normalized spacial score (nSPS) is 10.7. The van der Waals surface area contributed by atoms with Crippen LogP contribution in [0.4, 0.5) is 5.82 Å². The van der Waals surface area contributed by atoms with E-state index in [-0.39, 0.29) is 6.61 Å². The second-order valence-corrected chi connectivity index (χ2v) is 9.13. The summed E-state index contributed by atoms with van der Waals surface area (Å²) in [7, 11) is 0. The molecule has 220 valence electrons. The number of fused-ring (bicyclic) bond motifs is 3. The molecule has 3 rings (SSSR count). The Morgan fingerprint density at radius 1 is 1.13 bits per heavy atom. The third-order valence-electron chi connectivity index (χ3n) is 5.27. The number of nitrogen functional groups attached to an aromatic ring is 1. The van der Waals surface area contributed by atoms with Crippen LogP contribution in [0.2, 0.25) is 0 Å². The van der Waals surface area contributed by atoms with E-state index < -0.39 is 0 Å². The van der Waals surface area contributed by atoms with Crippen LogP contribution in [-0.4, -0.2) is 70.0 Å². The van der Waals surface area contributed by atoms with Gasteiger partial charge in [-0.3, -0.25) is 13.8 Å². The Labute approximate surface area is 236 Å². The van der Waals surface area contributed by atoms with E-state index in [9.17, 15) is 4.79 Å². The Bertz CT molecular complexity index is 1060. The van der Waals surface area contributed by atoms with Gasteiger partial charge in [0, 0.05) is 38.0 Å². The summed E-state index contributed by atoms with van der Waals surface area (Å²) in [5.74, 6) is 1.54. The quantitative estimate of drug-likeness (QED) is 0.0662. The van der Waals surface area contributed by atoms with Crippen molar-refractivity contribution in [1.29, 1.82) is 0 Å². The Balaban J connectivity index is 0.000000428. The van der Waals surface area contributed by atoms with E-state index >= 15 is 0 Å². The van der Waals surface area contributed by atoms with Crippen molar-refractivity contribution in [3.63, 3.8) is 0 Å². The van der Waals surface area contributed by atoms with Gasteiger partial charge in [-0.1, -0.05) is 25.1 Å². The number of pyridine rings is 1. The van der Waals surface area contributed by atoms with Gasteiger partial charge in [0.15, 0.2) is 5.82 Å². The molecule has 0 atom stereocenters. The summed E-state index contributed by atoms with van der Waals surface area (Å²) in [6.45, 7) is 12.3. The summed E-state index contributed by atoms with van der Waals surface area (Å²) >= 11 is 1.24. The Kier molecular flexibility index (Phi) is 18.9. The Hall–Kier alpha value is -2.48. The zero-order valence-electron chi connectivity index (χ0n) is 23.9. The molecule has 2 heterocycles. The van der Waals surface area contributed by atoms with Crippen LogP contribution in [0.25, 0.3) is 21.9 Å². The molecule has 0 aliphatic rings. The largest absolute Gasteiger partial charge is 0.397 e. The van der Waals surface area contributed by atoms with Gasteiger partial charge in [0.05, 0.1) is 24.2 Å². The first-order valence-electron chi connectivity index (χ1n) is 13.7. The molecule has 12 heteroatoms. The number of benzene rings is 1. The zero-order chi connectivity index (χ0) is 28.9. The molecule has 6 N–H and O–H groups in total. The number of anilines is 1. The summed E-state index contributed by atoms with van der Waals surface area (Å²) < 4.78 is 9.12. The number of rotatable bonds is 16. The molecule has 39 heavy (non-hydrogen) atoms. The van der Waals surface area contributed by atoms with E-state index in [2.05, 4.69) is 27.9 Å². The number of carbonyl (C=O) groups excluding carboxylic acids is 1. The number of imidazole rings is 1. The van der Waals surface area contributed by atoms with Gasteiger partial charge in [-0.15, -0.1) is 4.47 Å².